The van der Waals surface area contributed by atoms with Gasteiger partial charge >= 0.3 is 5.97 Å². The van der Waals surface area contributed by atoms with Crippen LogP contribution in [0.1, 0.15) is 13.8 Å². The third kappa shape index (κ3) is 0.920. The summed E-state index contributed by atoms with van der Waals surface area (Å²) in [6, 6.07) is -0.403. The van der Waals surface area contributed by atoms with Crippen molar-refractivity contribution in [1.29, 1.82) is 0 Å². The van der Waals surface area contributed by atoms with Gasteiger partial charge in [0.25, 0.3) is 0 Å². The first-order chi connectivity index (χ1) is 4.13. The highest BCUT2D eigenvalue weighted by molar-refractivity contribution is 5.78. The lowest BCUT2D eigenvalue weighted by Gasteiger charge is -2.06. The van der Waals surface area contributed by atoms with Crippen LogP contribution in [0.5, 0.6) is 0 Å². The Bertz CT molecular complexity index is 135. The smallest absolute Gasteiger partial charge is 0.323 e. The molecule has 1 fully saturated rings. The van der Waals surface area contributed by atoms with Crippen LogP contribution in [0.2, 0.25) is 0 Å². The molecule has 3 unspecified atom stereocenters. The first-order valence-electron chi connectivity index (χ1n) is 3.09. The van der Waals surface area contributed by atoms with Crippen LogP contribution >= 0.6 is 0 Å². The molecule has 3 nitrogen and oxygen atoms in total. The number of carbonyl (C=O) groups excluding carboxylic acids is 1. The van der Waals surface area contributed by atoms with E-state index < -0.39 is 6.04 Å². The predicted molar refractivity (Wildman–Crippen MR) is 32.7 cm³/mol. The minimum Gasteiger partial charge on any atom is -0.461 e. The van der Waals surface area contributed by atoms with Gasteiger partial charge in [0.05, 0.1) is 0 Å². The summed E-state index contributed by atoms with van der Waals surface area (Å²) in [6.07, 6.45) is -0.00694. The SMILES string of the molecule is CC1OC(=O)C(N)C1C. The van der Waals surface area contributed by atoms with Crippen LogP contribution in [-0.4, -0.2) is 18.1 Å². The van der Waals surface area contributed by atoms with E-state index in [-0.39, 0.29) is 18.0 Å². The summed E-state index contributed by atoms with van der Waals surface area (Å²) in [5.74, 6) is -0.104. The highest BCUT2D eigenvalue weighted by Gasteiger charge is 2.36. The number of carbonyl (C=O) groups is 1. The molecular weight excluding hydrogens is 118 g/mol. The van der Waals surface area contributed by atoms with Gasteiger partial charge in [-0.25, -0.2) is 0 Å². The van der Waals surface area contributed by atoms with Gasteiger partial charge in [0.15, 0.2) is 0 Å². The average Bonchev–Trinajstić information content (AvgIpc) is 1.98. The van der Waals surface area contributed by atoms with E-state index in [1.54, 1.807) is 0 Å². The molecular formula is C6H11NO2. The Hall–Kier alpha value is -0.570. The number of esters is 1. The fraction of sp³-hybridized carbons (Fsp3) is 0.833. The fourth-order valence-corrected chi connectivity index (χ4v) is 0.876. The van der Waals surface area contributed by atoms with Crippen molar-refractivity contribution in [2.75, 3.05) is 0 Å². The summed E-state index contributed by atoms with van der Waals surface area (Å²) < 4.78 is 4.82. The average molecular weight is 129 g/mol. The molecule has 0 spiro atoms. The maximum absolute atomic E-state index is 10.6. The molecule has 1 heterocycles. The molecule has 0 aromatic rings. The highest BCUT2D eigenvalue weighted by Crippen LogP contribution is 2.19. The summed E-state index contributed by atoms with van der Waals surface area (Å²) in [5, 5.41) is 0. The maximum atomic E-state index is 10.6. The Morgan fingerprint density at radius 2 is 2.11 bits per heavy atom. The monoisotopic (exact) mass is 129 g/mol. The normalized spacial score (nSPS) is 43.0. The molecule has 0 aromatic carbocycles. The molecule has 1 aliphatic rings. The van der Waals surface area contributed by atoms with Crippen LogP contribution < -0.4 is 5.73 Å². The lowest BCUT2D eigenvalue weighted by molar-refractivity contribution is -0.141. The van der Waals surface area contributed by atoms with Crippen LogP contribution in [0.3, 0.4) is 0 Å². The van der Waals surface area contributed by atoms with Gasteiger partial charge in [-0.1, -0.05) is 6.92 Å². The van der Waals surface area contributed by atoms with E-state index in [2.05, 4.69) is 0 Å². The van der Waals surface area contributed by atoms with Crippen LogP contribution in [0.25, 0.3) is 0 Å². The summed E-state index contributed by atoms with van der Waals surface area (Å²) in [6.45, 7) is 3.77. The van der Waals surface area contributed by atoms with Crippen molar-refractivity contribution in [3.8, 4) is 0 Å². The molecule has 2 N–H and O–H groups in total. The minimum absolute atomic E-state index is 0.00694. The lowest BCUT2D eigenvalue weighted by Crippen LogP contribution is -2.31. The van der Waals surface area contributed by atoms with Crippen molar-refractivity contribution in [2.45, 2.75) is 26.0 Å². The molecule has 0 amide bonds. The third-order valence-electron chi connectivity index (χ3n) is 1.88. The zero-order valence-electron chi connectivity index (χ0n) is 5.63. The van der Waals surface area contributed by atoms with E-state index in [0.717, 1.165) is 0 Å². The number of ether oxygens (including phenoxy) is 1. The second-order valence-electron chi connectivity index (χ2n) is 2.53. The van der Waals surface area contributed by atoms with Gasteiger partial charge in [0.2, 0.25) is 0 Å². The Labute approximate surface area is 54.2 Å². The first-order valence-corrected chi connectivity index (χ1v) is 3.09. The van der Waals surface area contributed by atoms with Gasteiger partial charge in [-0.05, 0) is 6.92 Å². The van der Waals surface area contributed by atoms with Gasteiger partial charge in [0.1, 0.15) is 12.1 Å². The number of rotatable bonds is 0. The van der Waals surface area contributed by atoms with Crippen molar-refractivity contribution in [3.63, 3.8) is 0 Å². The second kappa shape index (κ2) is 1.99. The molecule has 0 saturated carbocycles. The van der Waals surface area contributed by atoms with Crippen LogP contribution in [-0.2, 0) is 9.53 Å². The molecule has 3 heteroatoms. The van der Waals surface area contributed by atoms with Crippen molar-refractivity contribution in [1.82, 2.24) is 0 Å². The van der Waals surface area contributed by atoms with Gasteiger partial charge in [-0.3, -0.25) is 4.79 Å². The summed E-state index contributed by atoms with van der Waals surface area (Å²) >= 11 is 0. The van der Waals surface area contributed by atoms with E-state index in [9.17, 15) is 4.79 Å². The molecule has 1 aliphatic heterocycles. The minimum atomic E-state index is -0.403. The van der Waals surface area contributed by atoms with Crippen LogP contribution in [0.15, 0.2) is 0 Å². The zero-order chi connectivity index (χ0) is 7.02. The molecule has 52 valence electrons. The Morgan fingerprint density at radius 1 is 1.56 bits per heavy atom. The predicted octanol–water partition coefficient (Wildman–Crippen LogP) is -0.105. The Kier molecular flexibility index (Phi) is 1.45. The number of hydrogen-bond donors (Lipinski definition) is 1. The van der Waals surface area contributed by atoms with E-state index in [1.165, 1.54) is 0 Å². The van der Waals surface area contributed by atoms with Crippen molar-refractivity contribution in [3.05, 3.63) is 0 Å². The standard InChI is InChI=1S/C6H11NO2/c1-3-4(2)9-6(8)5(3)7/h3-5H,7H2,1-2H3. The largest absolute Gasteiger partial charge is 0.461 e. The van der Waals surface area contributed by atoms with E-state index >= 15 is 0 Å². The van der Waals surface area contributed by atoms with Gasteiger partial charge in [-0.2, -0.15) is 0 Å². The van der Waals surface area contributed by atoms with Crippen molar-refractivity contribution < 1.29 is 9.53 Å². The van der Waals surface area contributed by atoms with Gasteiger partial charge < -0.3 is 10.5 Å². The molecule has 0 aromatic heterocycles. The number of hydrogen-bond acceptors (Lipinski definition) is 3. The van der Waals surface area contributed by atoms with Crippen molar-refractivity contribution >= 4 is 5.97 Å². The van der Waals surface area contributed by atoms with Gasteiger partial charge in [-0.15, -0.1) is 0 Å². The molecule has 0 aliphatic carbocycles. The summed E-state index contributed by atoms with van der Waals surface area (Å²) in [5.41, 5.74) is 5.44. The molecule has 0 bridgehead atoms. The van der Waals surface area contributed by atoms with Crippen LogP contribution in [0, 0.1) is 5.92 Å². The number of nitrogens with two attached hydrogens (primary N) is 1. The van der Waals surface area contributed by atoms with E-state index in [1.807, 2.05) is 13.8 Å². The lowest BCUT2D eigenvalue weighted by atomic mass is 10.0. The topological polar surface area (TPSA) is 52.3 Å². The molecule has 1 rings (SSSR count). The zero-order valence-corrected chi connectivity index (χ0v) is 5.63. The maximum Gasteiger partial charge on any atom is 0.323 e. The molecule has 0 radical (unpaired) electrons. The highest BCUT2D eigenvalue weighted by atomic mass is 16.6. The van der Waals surface area contributed by atoms with Gasteiger partial charge in [0, 0.05) is 5.92 Å². The van der Waals surface area contributed by atoms with Crippen molar-refractivity contribution in [2.24, 2.45) is 11.7 Å². The summed E-state index contributed by atoms with van der Waals surface area (Å²) in [4.78, 5) is 10.6. The summed E-state index contributed by atoms with van der Waals surface area (Å²) in [7, 11) is 0. The Balaban J connectivity index is 2.65. The Morgan fingerprint density at radius 3 is 2.22 bits per heavy atom. The molecule has 1 saturated heterocycles. The fourth-order valence-electron chi connectivity index (χ4n) is 0.876. The van der Waals surface area contributed by atoms with E-state index in [4.69, 9.17) is 10.5 Å². The van der Waals surface area contributed by atoms with Crippen LogP contribution in [0.4, 0.5) is 0 Å². The molecule has 9 heavy (non-hydrogen) atoms. The number of cyclic esters (lactones) is 1. The first kappa shape index (κ1) is 6.55. The van der Waals surface area contributed by atoms with E-state index in [0.29, 0.717) is 0 Å². The quantitative estimate of drug-likeness (QED) is 0.464. The second-order valence-corrected chi connectivity index (χ2v) is 2.53. The molecule has 3 atom stereocenters. The third-order valence-corrected chi connectivity index (χ3v) is 1.88.